The molecule has 1 saturated heterocycles. The first-order valence-corrected chi connectivity index (χ1v) is 9.15. The van der Waals surface area contributed by atoms with Crippen LogP contribution in [0.15, 0.2) is 48.5 Å². The average molecular weight is 381 g/mol. The minimum absolute atomic E-state index is 0.0412. The van der Waals surface area contributed by atoms with E-state index in [2.05, 4.69) is 10.6 Å². The van der Waals surface area contributed by atoms with Gasteiger partial charge in [0.1, 0.15) is 0 Å². The summed E-state index contributed by atoms with van der Waals surface area (Å²) in [4.78, 5) is 37.9. The van der Waals surface area contributed by atoms with E-state index in [9.17, 15) is 14.4 Å². The quantitative estimate of drug-likeness (QED) is 0.751. The molecule has 0 saturated carbocycles. The van der Waals surface area contributed by atoms with Gasteiger partial charge in [-0.1, -0.05) is 18.2 Å². The summed E-state index contributed by atoms with van der Waals surface area (Å²) in [5.74, 6) is -0.348. The largest absolute Gasteiger partial charge is 0.378 e. The highest BCUT2D eigenvalue weighted by Gasteiger charge is 2.18. The summed E-state index contributed by atoms with van der Waals surface area (Å²) >= 11 is 0. The fourth-order valence-electron chi connectivity index (χ4n) is 2.91. The van der Waals surface area contributed by atoms with E-state index in [0.717, 1.165) is 0 Å². The van der Waals surface area contributed by atoms with E-state index < -0.39 is 0 Å². The number of benzene rings is 2. The maximum atomic E-state index is 12.6. The molecule has 2 aromatic rings. The summed E-state index contributed by atoms with van der Waals surface area (Å²) < 4.78 is 5.27. The molecule has 2 amide bonds. The van der Waals surface area contributed by atoms with Gasteiger partial charge in [-0.05, 0) is 37.3 Å². The van der Waals surface area contributed by atoms with Gasteiger partial charge < -0.3 is 20.3 Å². The summed E-state index contributed by atoms with van der Waals surface area (Å²) in [5, 5.41) is 5.78. The van der Waals surface area contributed by atoms with Crippen molar-refractivity contribution in [1.82, 2.24) is 4.90 Å². The average Bonchev–Trinajstić information content (AvgIpc) is 2.73. The van der Waals surface area contributed by atoms with Gasteiger partial charge in [0.25, 0.3) is 5.91 Å². The molecule has 3 rings (SSSR count). The van der Waals surface area contributed by atoms with Crippen molar-refractivity contribution >= 4 is 29.0 Å². The molecule has 0 aromatic heterocycles. The zero-order valence-corrected chi connectivity index (χ0v) is 15.7. The molecule has 0 spiro atoms. The Kier molecular flexibility index (Phi) is 6.39. The smallest absolute Gasteiger partial charge is 0.254 e. The van der Waals surface area contributed by atoms with Crippen LogP contribution in [0.25, 0.3) is 0 Å². The second-order valence-electron chi connectivity index (χ2n) is 6.52. The molecule has 1 aliphatic heterocycles. The molecule has 0 unspecified atom stereocenters. The molecular weight excluding hydrogens is 358 g/mol. The molecule has 0 aliphatic carbocycles. The summed E-state index contributed by atoms with van der Waals surface area (Å²) in [6.07, 6.45) is 0. The van der Waals surface area contributed by atoms with E-state index in [-0.39, 0.29) is 24.1 Å². The molecule has 1 fully saturated rings. The number of anilines is 2. The van der Waals surface area contributed by atoms with Crippen molar-refractivity contribution in [2.45, 2.75) is 6.92 Å². The molecule has 1 heterocycles. The molecule has 7 heteroatoms. The third-order valence-electron chi connectivity index (χ3n) is 4.41. The van der Waals surface area contributed by atoms with Crippen LogP contribution in [0.2, 0.25) is 0 Å². The molecular formula is C21H23N3O4. The fraction of sp³-hybridized carbons (Fsp3) is 0.286. The van der Waals surface area contributed by atoms with Crippen molar-refractivity contribution in [2.24, 2.45) is 0 Å². The summed E-state index contributed by atoms with van der Waals surface area (Å²) in [6, 6.07) is 13.9. The summed E-state index contributed by atoms with van der Waals surface area (Å²) in [5.41, 5.74) is 2.36. The SMILES string of the molecule is CC(=O)c1cccc(NC(=O)CNc2cccc(C(=O)N3CCOCC3)c2)c1. The Morgan fingerprint density at radius 2 is 1.61 bits per heavy atom. The monoisotopic (exact) mass is 381 g/mol. The van der Waals surface area contributed by atoms with Crippen LogP contribution >= 0.6 is 0 Å². The highest BCUT2D eigenvalue weighted by atomic mass is 16.5. The zero-order valence-electron chi connectivity index (χ0n) is 15.7. The predicted octanol–water partition coefficient (Wildman–Crippen LogP) is 2.41. The number of carbonyl (C=O) groups is 3. The molecule has 1 aliphatic rings. The topological polar surface area (TPSA) is 87.7 Å². The molecule has 2 aromatic carbocycles. The van der Waals surface area contributed by atoms with Gasteiger partial charge in [0.05, 0.1) is 19.8 Å². The molecule has 0 atom stereocenters. The highest BCUT2D eigenvalue weighted by molar-refractivity contribution is 5.98. The number of hydrogen-bond acceptors (Lipinski definition) is 5. The van der Waals surface area contributed by atoms with E-state index >= 15 is 0 Å². The number of morpholine rings is 1. The van der Waals surface area contributed by atoms with Crippen LogP contribution in [0, 0.1) is 0 Å². The van der Waals surface area contributed by atoms with Gasteiger partial charge in [0.2, 0.25) is 5.91 Å². The minimum atomic E-state index is -0.245. The van der Waals surface area contributed by atoms with E-state index in [4.69, 9.17) is 4.74 Å². The maximum Gasteiger partial charge on any atom is 0.254 e. The number of Topliss-reactive ketones (excluding diaryl/α,β-unsaturated/α-hetero) is 1. The Morgan fingerprint density at radius 1 is 0.964 bits per heavy atom. The lowest BCUT2D eigenvalue weighted by atomic mass is 10.1. The van der Waals surface area contributed by atoms with Crippen LogP contribution in [0.4, 0.5) is 11.4 Å². The number of ketones is 1. The van der Waals surface area contributed by atoms with Gasteiger partial charge in [-0.25, -0.2) is 0 Å². The second-order valence-corrected chi connectivity index (χ2v) is 6.52. The minimum Gasteiger partial charge on any atom is -0.378 e. The molecule has 7 nitrogen and oxygen atoms in total. The Bertz CT molecular complexity index is 875. The number of amides is 2. The third-order valence-corrected chi connectivity index (χ3v) is 4.41. The van der Waals surface area contributed by atoms with Crippen molar-refractivity contribution in [3.63, 3.8) is 0 Å². The number of carbonyl (C=O) groups excluding carboxylic acids is 3. The van der Waals surface area contributed by atoms with Crippen LogP contribution in [-0.2, 0) is 9.53 Å². The molecule has 0 bridgehead atoms. The third kappa shape index (κ3) is 5.17. The van der Waals surface area contributed by atoms with Crippen molar-refractivity contribution in [3.05, 3.63) is 59.7 Å². The van der Waals surface area contributed by atoms with Crippen molar-refractivity contribution < 1.29 is 19.1 Å². The van der Waals surface area contributed by atoms with Gasteiger partial charge >= 0.3 is 0 Å². The van der Waals surface area contributed by atoms with E-state index in [0.29, 0.717) is 48.8 Å². The standard InChI is InChI=1S/C21H23N3O4/c1-15(25)16-4-2-7-19(12-16)23-20(26)14-22-18-6-3-5-17(13-18)21(27)24-8-10-28-11-9-24/h2-7,12-13,22H,8-11,14H2,1H3,(H,23,26). The highest BCUT2D eigenvalue weighted by Crippen LogP contribution is 2.14. The summed E-state index contributed by atoms with van der Waals surface area (Å²) in [6.45, 7) is 3.78. The number of hydrogen-bond donors (Lipinski definition) is 2. The maximum absolute atomic E-state index is 12.6. The van der Waals surface area contributed by atoms with Crippen molar-refractivity contribution in [3.8, 4) is 0 Å². The van der Waals surface area contributed by atoms with Crippen LogP contribution in [0.3, 0.4) is 0 Å². The lowest BCUT2D eigenvalue weighted by Gasteiger charge is -2.27. The molecule has 146 valence electrons. The van der Waals surface area contributed by atoms with Crippen LogP contribution in [0.1, 0.15) is 27.6 Å². The Hall–Kier alpha value is -3.19. The fourth-order valence-corrected chi connectivity index (χ4v) is 2.91. The Balaban J connectivity index is 1.57. The molecule has 2 N–H and O–H groups in total. The van der Waals surface area contributed by atoms with E-state index in [1.807, 2.05) is 0 Å². The van der Waals surface area contributed by atoms with Crippen LogP contribution < -0.4 is 10.6 Å². The van der Waals surface area contributed by atoms with Gasteiger partial charge in [0.15, 0.2) is 5.78 Å². The zero-order chi connectivity index (χ0) is 19.9. The first kappa shape index (κ1) is 19.6. The van der Waals surface area contributed by atoms with E-state index in [1.54, 1.807) is 53.4 Å². The van der Waals surface area contributed by atoms with Crippen molar-refractivity contribution in [1.29, 1.82) is 0 Å². The van der Waals surface area contributed by atoms with Crippen LogP contribution in [0.5, 0.6) is 0 Å². The second kappa shape index (κ2) is 9.14. The van der Waals surface area contributed by atoms with Gasteiger partial charge in [-0.2, -0.15) is 0 Å². The van der Waals surface area contributed by atoms with Gasteiger partial charge in [-0.15, -0.1) is 0 Å². The summed E-state index contributed by atoms with van der Waals surface area (Å²) in [7, 11) is 0. The first-order chi connectivity index (χ1) is 13.5. The lowest BCUT2D eigenvalue weighted by Crippen LogP contribution is -2.40. The normalized spacial score (nSPS) is 13.7. The van der Waals surface area contributed by atoms with Crippen LogP contribution in [-0.4, -0.2) is 55.3 Å². The number of nitrogens with one attached hydrogen (secondary N) is 2. The van der Waals surface area contributed by atoms with Gasteiger partial charge in [0, 0.05) is 35.6 Å². The lowest BCUT2D eigenvalue weighted by molar-refractivity contribution is -0.114. The molecule has 28 heavy (non-hydrogen) atoms. The van der Waals surface area contributed by atoms with Gasteiger partial charge in [-0.3, -0.25) is 14.4 Å². The van der Waals surface area contributed by atoms with E-state index in [1.165, 1.54) is 6.92 Å². The number of nitrogens with zero attached hydrogens (tertiary/aromatic N) is 1. The number of ether oxygens (including phenoxy) is 1. The van der Waals surface area contributed by atoms with Crippen molar-refractivity contribution in [2.75, 3.05) is 43.5 Å². The Morgan fingerprint density at radius 3 is 2.32 bits per heavy atom. The Labute approximate surface area is 163 Å². The predicted molar refractivity (Wildman–Crippen MR) is 107 cm³/mol. The molecule has 0 radical (unpaired) electrons. The number of rotatable bonds is 6. The first-order valence-electron chi connectivity index (χ1n) is 9.15.